The summed E-state index contributed by atoms with van der Waals surface area (Å²) in [7, 11) is 4.04. The molecule has 0 saturated carbocycles. The molecule has 0 aliphatic heterocycles. The summed E-state index contributed by atoms with van der Waals surface area (Å²) in [5, 5.41) is 6.69. The molecule has 0 unspecified atom stereocenters. The van der Waals surface area contributed by atoms with Crippen LogP contribution in [0.5, 0.6) is 0 Å². The van der Waals surface area contributed by atoms with E-state index in [4.69, 9.17) is 16.3 Å². The Morgan fingerprint density at radius 2 is 2.11 bits per heavy atom. The van der Waals surface area contributed by atoms with Crippen LogP contribution in [0.25, 0.3) is 0 Å². The molecule has 0 saturated heterocycles. The van der Waals surface area contributed by atoms with Gasteiger partial charge in [-0.15, -0.1) is 0 Å². The van der Waals surface area contributed by atoms with Crippen LogP contribution in [-0.4, -0.2) is 61.8 Å². The van der Waals surface area contributed by atoms with Gasteiger partial charge in [0.25, 0.3) is 0 Å². The highest BCUT2D eigenvalue weighted by atomic mass is 35.5. The van der Waals surface area contributed by atoms with Crippen LogP contribution in [-0.2, 0) is 4.74 Å². The first-order valence-electron chi connectivity index (χ1n) is 6.36. The number of rotatable bonds is 9. The van der Waals surface area contributed by atoms with Crippen LogP contribution >= 0.6 is 11.6 Å². The summed E-state index contributed by atoms with van der Waals surface area (Å²) in [6.45, 7) is 5.67. The summed E-state index contributed by atoms with van der Waals surface area (Å²) in [5.41, 5.74) is 0. The van der Waals surface area contributed by atoms with E-state index in [1.165, 1.54) is 0 Å². The average molecular weight is 288 g/mol. The molecule has 108 valence electrons. The fraction of sp³-hybridized carbons (Fsp3) is 0.667. The van der Waals surface area contributed by atoms with Crippen LogP contribution in [0.15, 0.2) is 6.20 Å². The second-order valence-corrected chi connectivity index (χ2v) is 4.67. The quantitative estimate of drug-likeness (QED) is 0.672. The Morgan fingerprint density at radius 1 is 1.32 bits per heavy atom. The predicted molar refractivity (Wildman–Crippen MR) is 79.1 cm³/mol. The second-order valence-electron chi connectivity index (χ2n) is 4.26. The molecule has 0 bridgehead atoms. The third kappa shape index (κ3) is 6.56. The number of nitrogens with one attached hydrogen (secondary N) is 2. The molecule has 0 atom stereocenters. The van der Waals surface area contributed by atoms with Crippen LogP contribution < -0.4 is 10.6 Å². The molecule has 0 aliphatic rings. The lowest BCUT2D eigenvalue weighted by Gasteiger charge is -2.11. The lowest BCUT2D eigenvalue weighted by molar-refractivity contribution is 0.126. The van der Waals surface area contributed by atoms with Gasteiger partial charge in [-0.05, 0) is 21.0 Å². The van der Waals surface area contributed by atoms with E-state index < -0.39 is 0 Å². The first-order valence-corrected chi connectivity index (χ1v) is 6.74. The molecular weight excluding hydrogens is 266 g/mol. The Labute approximate surface area is 119 Å². The largest absolute Gasteiger partial charge is 0.378 e. The molecule has 1 heterocycles. The number of likely N-dealkylation sites (N-methyl/N-ethyl adjacent to an activating group) is 1. The smallest absolute Gasteiger partial charge is 0.224 e. The Balaban J connectivity index is 2.30. The normalized spacial score (nSPS) is 10.8. The molecule has 0 aliphatic carbocycles. The van der Waals surface area contributed by atoms with Gasteiger partial charge >= 0.3 is 0 Å². The zero-order valence-electron chi connectivity index (χ0n) is 11.7. The van der Waals surface area contributed by atoms with Crippen LogP contribution in [0.4, 0.5) is 11.8 Å². The van der Waals surface area contributed by atoms with Gasteiger partial charge in [-0.25, -0.2) is 4.98 Å². The highest BCUT2D eigenvalue weighted by Crippen LogP contribution is 2.18. The van der Waals surface area contributed by atoms with Gasteiger partial charge in [0.15, 0.2) is 5.82 Å². The topological polar surface area (TPSA) is 62.3 Å². The summed E-state index contributed by atoms with van der Waals surface area (Å²) in [6, 6.07) is 0. The van der Waals surface area contributed by atoms with E-state index in [0.717, 1.165) is 19.7 Å². The average Bonchev–Trinajstić information content (AvgIpc) is 2.37. The van der Waals surface area contributed by atoms with E-state index in [2.05, 4.69) is 25.5 Å². The fourth-order valence-corrected chi connectivity index (χ4v) is 1.48. The minimum absolute atomic E-state index is 0.509. The van der Waals surface area contributed by atoms with Crippen LogP contribution in [0.1, 0.15) is 6.92 Å². The van der Waals surface area contributed by atoms with E-state index in [9.17, 15) is 0 Å². The number of halogens is 1. The minimum Gasteiger partial charge on any atom is -0.378 e. The molecule has 6 nitrogen and oxygen atoms in total. The second kappa shape index (κ2) is 8.90. The van der Waals surface area contributed by atoms with Gasteiger partial charge < -0.3 is 20.3 Å². The maximum atomic E-state index is 6.02. The summed E-state index contributed by atoms with van der Waals surface area (Å²) in [4.78, 5) is 10.4. The molecular formula is C12H22ClN5O. The fourth-order valence-electron chi connectivity index (χ4n) is 1.33. The van der Waals surface area contributed by atoms with Crippen molar-refractivity contribution in [2.45, 2.75) is 6.92 Å². The molecule has 0 radical (unpaired) electrons. The molecule has 1 rings (SSSR count). The van der Waals surface area contributed by atoms with Crippen LogP contribution in [0.3, 0.4) is 0 Å². The number of ether oxygens (including phenoxy) is 1. The summed E-state index contributed by atoms with van der Waals surface area (Å²) in [6.07, 6.45) is 1.59. The van der Waals surface area contributed by atoms with E-state index in [1.807, 2.05) is 21.0 Å². The monoisotopic (exact) mass is 287 g/mol. The molecule has 1 aromatic rings. The van der Waals surface area contributed by atoms with Gasteiger partial charge in [0.05, 0.1) is 19.4 Å². The molecule has 19 heavy (non-hydrogen) atoms. The maximum Gasteiger partial charge on any atom is 0.224 e. The Morgan fingerprint density at radius 3 is 2.79 bits per heavy atom. The third-order valence-corrected chi connectivity index (χ3v) is 2.58. The SMILES string of the molecule is CCNc1ncc(Cl)c(NCCOCCN(C)C)n1. The first-order chi connectivity index (χ1) is 9.13. The van der Waals surface area contributed by atoms with Crippen LogP contribution in [0, 0.1) is 0 Å². The molecule has 7 heteroatoms. The highest BCUT2D eigenvalue weighted by molar-refractivity contribution is 6.32. The highest BCUT2D eigenvalue weighted by Gasteiger charge is 2.04. The van der Waals surface area contributed by atoms with Crippen molar-refractivity contribution in [3.8, 4) is 0 Å². The summed E-state index contributed by atoms with van der Waals surface area (Å²) in [5.74, 6) is 1.20. The Bertz CT molecular complexity index is 375. The number of nitrogens with zero attached hydrogens (tertiary/aromatic N) is 3. The van der Waals surface area contributed by atoms with E-state index in [1.54, 1.807) is 6.20 Å². The van der Waals surface area contributed by atoms with Gasteiger partial charge in [0.1, 0.15) is 5.02 Å². The molecule has 0 spiro atoms. The van der Waals surface area contributed by atoms with Crippen molar-refractivity contribution in [2.75, 3.05) is 57.6 Å². The third-order valence-electron chi connectivity index (χ3n) is 2.30. The number of anilines is 2. The van der Waals surface area contributed by atoms with Crippen molar-refractivity contribution < 1.29 is 4.74 Å². The van der Waals surface area contributed by atoms with Gasteiger partial charge in [-0.1, -0.05) is 11.6 Å². The van der Waals surface area contributed by atoms with Crippen molar-refractivity contribution in [1.82, 2.24) is 14.9 Å². The molecule has 0 fully saturated rings. The summed E-state index contributed by atoms with van der Waals surface area (Å²) >= 11 is 6.02. The van der Waals surface area contributed by atoms with Crippen molar-refractivity contribution >= 4 is 23.4 Å². The Kier molecular flexibility index (Phi) is 7.47. The molecule has 0 amide bonds. The van der Waals surface area contributed by atoms with Gasteiger partial charge in [0, 0.05) is 19.6 Å². The van der Waals surface area contributed by atoms with Gasteiger partial charge in [-0.2, -0.15) is 4.98 Å². The maximum absolute atomic E-state index is 6.02. The number of hydrogen-bond acceptors (Lipinski definition) is 6. The standard InChI is InChI=1S/C12H22ClN5O/c1-4-14-12-16-9-10(13)11(17-12)15-5-7-19-8-6-18(2)3/h9H,4-8H2,1-3H3,(H2,14,15,16,17). The molecule has 1 aromatic heterocycles. The van der Waals surface area contributed by atoms with Gasteiger partial charge in [0.2, 0.25) is 5.95 Å². The zero-order chi connectivity index (χ0) is 14.1. The van der Waals surface area contributed by atoms with Crippen molar-refractivity contribution in [1.29, 1.82) is 0 Å². The molecule has 2 N–H and O–H groups in total. The minimum atomic E-state index is 0.509. The predicted octanol–water partition coefficient (Wildman–Crippen LogP) is 1.55. The lowest BCUT2D eigenvalue weighted by Crippen LogP contribution is -2.20. The summed E-state index contributed by atoms with van der Waals surface area (Å²) < 4.78 is 5.48. The number of hydrogen-bond donors (Lipinski definition) is 2. The lowest BCUT2D eigenvalue weighted by atomic mass is 10.5. The van der Waals surface area contributed by atoms with Crippen molar-refractivity contribution in [3.05, 3.63) is 11.2 Å². The Hall–Kier alpha value is -1.11. The molecule has 0 aromatic carbocycles. The van der Waals surface area contributed by atoms with Crippen molar-refractivity contribution in [2.24, 2.45) is 0 Å². The number of aromatic nitrogens is 2. The van der Waals surface area contributed by atoms with Gasteiger partial charge in [-0.3, -0.25) is 0 Å². The van der Waals surface area contributed by atoms with E-state index >= 15 is 0 Å². The zero-order valence-corrected chi connectivity index (χ0v) is 12.5. The van der Waals surface area contributed by atoms with E-state index in [0.29, 0.717) is 29.9 Å². The first kappa shape index (κ1) is 15.9. The van der Waals surface area contributed by atoms with Crippen molar-refractivity contribution in [3.63, 3.8) is 0 Å². The van der Waals surface area contributed by atoms with Crippen LogP contribution in [0.2, 0.25) is 5.02 Å². The van der Waals surface area contributed by atoms with E-state index in [-0.39, 0.29) is 0 Å².